The van der Waals surface area contributed by atoms with Crippen LogP contribution in [0.1, 0.15) is 28.8 Å². The van der Waals surface area contributed by atoms with Crippen LogP contribution in [-0.2, 0) is 0 Å². The van der Waals surface area contributed by atoms with Crippen LogP contribution in [0.25, 0.3) is 22.8 Å². The van der Waals surface area contributed by atoms with Crippen LogP contribution in [0.2, 0.25) is 5.02 Å². The first-order valence-electron chi connectivity index (χ1n) is 10.1. The van der Waals surface area contributed by atoms with Gasteiger partial charge in [0.05, 0.1) is 11.6 Å². The predicted molar refractivity (Wildman–Crippen MR) is 120 cm³/mol. The molecule has 0 radical (unpaired) electrons. The van der Waals surface area contributed by atoms with Crippen LogP contribution in [0.5, 0.6) is 5.75 Å². The summed E-state index contributed by atoms with van der Waals surface area (Å²) < 4.78 is 5.76. The Morgan fingerprint density at radius 1 is 1.19 bits per heavy atom. The number of amides is 1. The minimum Gasteiger partial charge on any atom is -0.493 e. The third-order valence-electron chi connectivity index (χ3n) is 5.15. The maximum atomic E-state index is 12.5. The third-order valence-corrected chi connectivity index (χ3v) is 5.46. The van der Waals surface area contributed by atoms with Crippen LogP contribution in [0.15, 0.2) is 41.2 Å². The van der Waals surface area contributed by atoms with Crippen LogP contribution >= 0.6 is 11.6 Å². The van der Waals surface area contributed by atoms with Gasteiger partial charge in [-0.1, -0.05) is 11.6 Å². The Hall–Kier alpha value is -3.19. The number of nitrogens with one attached hydrogen (secondary N) is 1. The quantitative estimate of drug-likeness (QED) is 0.629. The zero-order valence-corrected chi connectivity index (χ0v) is 18.4. The van der Waals surface area contributed by atoms with Crippen molar-refractivity contribution in [3.63, 3.8) is 0 Å². The molecule has 1 fully saturated rings. The highest BCUT2D eigenvalue weighted by Crippen LogP contribution is 2.31. The Morgan fingerprint density at radius 2 is 1.90 bits per heavy atom. The van der Waals surface area contributed by atoms with Crippen molar-refractivity contribution in [3.8, 4) is 28.5 Å². The molecular formula is C23H23ClN4O3. The lowest BCUT2D eigenvalue weighted by Crippen LogP contribution is -2.22. The van der Waals surface area contributed by atoms with Gasteiger partial charge < -0.3 is 9.64 Å². The fourth-order valence-electron chi connectivity index (χ4n) is 3.17. The van der Waals surface area contributed by atoms with Crippen molar-refractivity contribution in [3.05, 3.63) is 63.0 Å². The molecule has 160 valence electrons. The van der Waals surface area contributed by atoms with Crippen molar-refractivity contribution in [2.45, 2.75) is 19.8 Å². The van der Waals surface area contributed by atoms with Crippen LogP contribution in [0, 0.1) is 12.8 Å². The van der Waals surface area contributed by atoms with Gasteiger partial charge in [0.2, 0.25) is 0 Å². The summed E-state index contributed by atoms with van der Waals surface area (Å²) in [4.78, 5) is 37.4. The van der Waals surface area contributed by atoms with Crippen molar-refractivity contribution in [2.24, 2.45) is 5.92 Å². The lowest BCUT2D eigenvalue weighted by molar-refractivity contribution is 0.0827. The molecule has 1 aliphatic rings. The maximum absolute atomic E-state index is 12.5. The number of aromatic amines is 1. The highest BCUT2D eigenvalue weighted by molar-refractivity contribution is 6.33. The van der Waals surface area contributed by atoms with Crippen LogP contribution in [0.3, 0.4) is 0 Å². The molecule has 3 aromatic rings. The number of nitrogens with zero attached hydrogens (tertiary/aromatic N) is 3. The summed E-state index contributed by atoms with van der Waals surface area (Å²) in [5.41, 5.74) is 1.82. The van der Waals surface area contributed by atoms with Gasteiger partial charge in [-0.2, -0.15) is 4.98 Å². The van der Waals surface area contributed by atoms with Gasteiger partial charge >= 0.3 is 5.69 Å². The van der Waals surface area contributed by atoms with Gasteiger partial charge in [0, 0.05) is 30.8 Å². The number of carbonyl (C=O) groups excluding carboxylic acids is 1. The zero-order chi connectivity index (χ0) is 22.1. The molecule has 0 saturated heterocycles. The molecule has 0 spiro atoms. The largest absolute Gasteiger partial charge is 0.493 e. The number of carbonyl (C=O) groups is 1. The summed E-state index contributed by atoms with van der Waals surface area (Å²) in [6.07, 6.45) is 2.45. The van der Waals surface area contributed by atoms with Crippen LogP contribution in [0.4, 0.5) is 0 Å². The first kappa shape index (κ1) is 21.1. The van der Waals surface area contributed by atoms with Crippen molar-refractivity contribution >= 4 is 17.5 Å². The lowest BCUT2D eigenvalue weighted by Gasteiger charge is -2.15. The van der Waals surface area contributed by atoms with E-state index in [2.05, 4.69) is 15.0 Å². The number of ether oxygens (including phenoxy) is 1. The Bertz CT molecular complexity index is 1180. The summed E-state index contributed by atoms with van der Waals surface area (Å²) in [6.45, 7) is 2.54. The molecule has 1 aromatic heterocycles. The van der Waals surface area contributed by atoms with E-state index in [1.54, 1.807) is 26.2 Å². The van der Waals surface area contributed by atoms with Crippen molar-refractivity contribution in [1.82, 2.24) is 19.9 Å². The van der Waals surface area contributed by atoms with E-state index < -0.39 is 5.69 Å². The molecule has 7 nitrogen and oxygen atoms in total. The third kappa shape index (κ3) is 4.77. The molecule has 0 bridgehead atoms. The van der Waals surface area contributed by atoms with E-state index in [1.807, 2.05) is 31.2 Å². The zero-order valence-electron chi connectivity index (χ0n) is 17.6. The van der Waals surface area contributed by atoms with E-state index >= 15 is 0 Å². The fraction of sp³-hybridized carbons (Fsp3) is 0.304. The molecule has 0 atom stereocenters. The number of H-pyrrole nitrogens is 1. The predicted octanol–water partition coefficient (Wildman–Crippen LogP) is 3.95. The molecule has 1 saturated carbocycles. The number of aryl methyl sites for hydroxylation is 1. The topological polar surface area (TPSA) is 88.2 Å². The first-order valence-corrected chi connectivity index (χ1v) is 10.4. The minimum atomic E-state index is -0.550. The standard InChI is InChI=1S/C23H23ClN4O3/c1-13-10-19(24)18(11-17(13)22(29)28(2)3)21-25-20(26-23(30)27-21)15-6-8-16(9-7-15)31-12-14-4-5-14/h6-11,14H,4-5,12H2,1-3H3,(H,25,26,27,30). The summed E-state index contributed by atoms with van der Waals surface area (Å²) in [5.74, 6) is 1.80. The molecule has 31 heavy (non-hydrogen) atoms. The second-order valence-electron chi connectivity index (χ2n) is 7.95. The second-order valence-corrected chi connectivity index (χ2v) is 8.36. The molecule has 2 aromatic carbocycles. The van der Waals surface area contributed by atoms with Gasteiger partial charge in [-0.15, -0.1) is 0 Å². The van der Waals surface area contributed by atoms with Crippen molar-refractivity contribution < 1.29 is 9.53 Å². The average Bonchev–Trinajstić information content (AvgIpc) is 3.56. The Balaban J connectivity index is 1.69. The average molecular weight is 439 g/mol. The van der Waals surface area contributed by atoms with Gasteiger partial charge in [-0.25, -0.2) is 9.78 Å². The molecule has 0 unspecified atom stereocenters. The fourth-order valence-corrected chi connectivity index (χ4v) is 3.47. The normalized spacial score (nSPS) is 13.2. The van der Waals surface area contributed by atoms with Gasteiger partial charge in [0.25, 0.3) is 5.91 Å². The van der Waals surface area contributed by atoms with Gasteiger partial charge in [-0.05, 0) is 67.6 Å². The molecule has 1 aliphatic carbocycles. The number of hydrogen-bond donors (Lipinski definition) is 1. The first-order chi connectivity index (χ1) is 14.8. The van der Waals surface area contributed by atoms with Crippen LogP contribution in [-0.4, -0.2) is 46.5 Å². The number of halogens is 1. The summed E-state index contributed by atoms with van der Waals surface area (Å²) in [7, 11) is 3.36. The Kier molecular flexibility index (Phi) is 5.78. The summed E-state index contributed by atoms with van der Waals surface area (Å²) in [6, 6.07) is 10.7. The van der Waals surface area contributed by atoms with E-state index in [1.165, 1.54) is 17.7 Å². The maximum Gasteiger partial charge on any atom is 0.348 e. The van der Waals surface area contributed by atoms with Crippen molar-refractivity contribution in [2.75, 3.05) is 20.7 Å². The Labute approximate surface area is 185 Å². The van der Waals surface area contributed by atoms with Crippen molar-refractivity contribution in [1.29, 1.82) is 0 Å². The van der Waals surface area contributed by atoms with Gasteiger partial charge in [0.15, 0.2) is 5.82 Å². The molecule has 8 heteroatoms. The highest BCUT2D eigenvalue weighted by Gasteiger charge is 2.22. The minimum absolute atomic E-state index is 0.158. The smallest absolute Gasteiger partial charge is 0.348 e. The molecule has 1 N–H and O–H groups in total. The summed E-state index contributed by atoms with van der Waals surface area (Å²) in [5, 5.41) is 0.386. The monoisotopic (exact) mass is 438 g/mol. The number of hydrogen-bond acceptors (Lipinski definition) is 5. The van der Waals surface area contributed by atoms with E-state index in [9.17, 15) is 9.59 Å². The second kappa shape index (κ2) is 8.51. The molecular weight excluding hydrogens is 416 g/mol. The highest BCUT2D eigenvalue weighted by atomic mass is 35.5. The van der Waals surface area contributed by atoms with E-state index in [0.29, 0.717) is 27.6 Å². The number of aromatic nitrogens is 3. The number of rotatable bonds is 6. The molecule has 0 aliphatic heterocycles. The van der Waals surface area contributed by atoms with E-state index in [-0.39, 0.29) is 17.6 Å². The van der Waals surface area contributed by atoms with Gasteiger partial charge in [0.1, 0.15) is 11.6 Å². The molecule has 4 rings (SSSR count). The molecule has 1 amide bonds. The van der Waals surface area contributed by atoms with E-state index in [4.69, 9.17) is 16.3 Å². The van der Waals surface area contributed by atoms with Gasteiger partial charge in [-0.3, -0.25) is 9.78 Å². The lowest BCUT2D eigenvalue weighted by atomic mass is 10.0. The summed E-state index contributed by atoms with van der Waals surface area (Å²) >= 11 is 6.43. The van der Waals surface area contributed by atoms with Crippen LogP contribution < -0.4 is 10.4 Å². The number of benzene rings is 2. The SMILES string of the molecule is Cc1cc(Cl)c(-c2nc(-c3ccc(OCC4CC4)cc3)nc(=O)[nH]2)cc1C(=O)N(C)C. The molecule has 1 heterocycles. The Morgan fingerprint density at radius 3 is 2.55 bits per heavy atom. The van der Waals surface area contributed by atoms with E-state index in [0.717, 1.165) is 17.9 Å².